The molecule has 8 nitrogen and oxygen atoms in total. The predicted molar refractivity (Wildman–Crippen MR) is 106 cm³/mol. The molecule has 0 atom stereocenters. The number of hydrogen-bond donors (Lipinski definition) is 0. The van der Waals surface area contributed by atoms with E-state index in [1.54, 1.807) is 16.0 Å². The fourth-order valence-electron chi connectivity index (χ4n) is 2.59. The van der Waals surface area contributed by atoms with Crippen LogP contribution in [0.25, 0.3) is 11.4 Å². The van der Waals surface area contributed by atoms with Gasteiger partial charge in [0.05, 0.1) is 24.5 Å². The van der Waals surface area contributed by atoms with E-state index in [1.807, 2.05) is 37.3 Å². The summed E-state index contributed by atoms with van der Waals surface area (Å²) in [6.07, 6.45) is 0.898. The summed E-state index contributed by atoms with van der Waals surface area (Å²) in [4.78, 5) is 5.79. The van der Waals surface area contributed by atoms with Crippen molar-refractivity contribution in [1.82, 2.24) is 30.3 Å². The molecule has 144 valence electrons. The Morgan fingerprint density at radius 1 is 1.21 bits per heavy atom. The lowest BCUT2D eigenvalue weighted by Crippen LogP contribution is -2.04. The SMILES string of the molecule is CCOc1ccccc1-c1noc(CSc2nnnn2CCc2cccs2)n1. The third-order valence-electron chi connectivity index (χ3n) is 3.87. The van der Waals surface area contributed by atoms with Crippen molar-refractivity contribution in [3.63, 3.8) is 0 Å². The molecule has 0 unspecified atom stereocenters. The third-order valence-corrected chi connectivity index (χ3v) is 5.75. The highest BCUT2D eigenvalue weighted by Crippen LogP contribution is 2.28. The van der Waals surface area contributed by atoms with Crippen molar-refractivity contribution in [3.05, 3.63) is 52.5 Å². The van der Waals surface area contributed by atoms with E-state index in [0.29, 0.717) is 24.1 Å². The molecule has 0 saturated carbocycles. The molecular weight excluding hydrogens is 396 g/mol. The summed E-state index contributed by atoms with van der Waals surface area (Å²) >= 11 is 3.20. The van der Waals surface area contributed by atoms with Crippen molar-refractivity contribution < 1.29 is 9.26 Å². The summed E-state index contributed by atoms with van der Waals surface area (Å²) in [6.45, 7) is 3.25. The van der Waals surface area contributed by atoms with Gasteiger partial charge < -0.3 is 9.26 Å². The van der Waals surface area contributed by atoms with Gasteiger partial charge in [-0.05, 0) is 40.9 Å². The van der Waals surface area contributed by atoms with E-state index in [2.05, 4.69) is 37.1 Å². The molecule has 0 N–H and O–H groups in total. The normalized spacial score (nSPS) is 11.0. The van der Waals surface area contributed by atoms with E-state index >= 15 is 0 Å². The van der Waals surface area contributed by atoms with Crippen molar-refractivity contribution in [3.8, 4) is 17.1 Å². The minimum Gasteiger partial charge on any atom is -0.493 e. The quantitative estimate of drug-likeness (QED) is 0.383. The zero-order chi connectivity index (χ0) is 19.2. The van der Waals surface area contributed by atoms with Crippen LogP contribution in [0.3, 0.4) is 0 Å². The Hall–Kier alpha value is -2.72. The molecule has 0 amide bonds. The molecule has 3 aromatic heterocycles. The van der Waals surface area contributed by atoms with Crippen molar-refractivity contribution in [2.75, 3.05) is 6.61 Å². The molecule has 0 fully saturated rings. The molecule has 1 aromatic carbocycles. The van der Waals surface area contributed by atoms with E-state index in [4.69, 9.17) is 9.26 Å². The van der Waals surface area contributed by atoms with Crippen LogP contribution >= 0.6 is 23.1 Å². The lowest BCUT2D eigenvalue weighted by Gasteiger charge is -2.06. The number of thioether (sulfide) groups is 1. The molecule has 0 aliphatic rings. The van der Waals surface area contributed by atoms with Crippen LogP contribution in [0.1, 0.15) is 17.7 Å². The van der Waals surface area contributed by atoms with Gasteiger partial charge >= 0.3 is 0 Å². The molecule has 0 radical (unpaired) electrons. The van der Waals surface area contributed by atoms with E-state index in [1.165, 1.54) is 16.6 Å². The smallest absolute Gasteiger partial charge is 0.237 e. The average Bonchev–Trinajstić information content (AvgIpc) is 3.47. The summed E-state index contributed by atoms with van der Waals surface area (Å²) < 4.78 is 12.8. The number of para-hydroxylation sites is 1. The average molecular weight is 415 g/mol. The number of ether oxygens (including phenoxy) is 1. The molecule has 0 aliphatic heterocycles. The molecule has 0 saturated heterocycles. The molecular formula is C18H18N6O2S2. The van der Waals surface area contributed by atoms with Crippen LogP contribution in [-0.2, 0) is 18.7 Å². The Morgan fingerprint density at radius 3 is 3.00 bits per heavy atom. The van der Waals surface area contributed by atoms with Crippen LogP contribution in [0.4, 0.5) is 0 Å². The fourth-order valence-corrected chi connectivity index (χ4v) is 4.03. The lowest BCUT2D eigenvalue weighted by atomic mass is 10.2. The minimum absolute atomic E-state index is 0.489. The van der Waals surface area contributed by atoms with Crippen LogP contribution in [0.2, 0.25) is 0 Å². The first-order chi connectivity index (χ1) is 13.8. The van der Waals surface area contributed by atoms with Gasteiger partial charge in [0.15, 0.2) is 0 Å². The maximum atomic E-state index is 5.64. The second kappa shape index (κ2) is 8.98. The van der Waals surface area contributed by atoms with Gasteiger partial charge in [-0.1, -0.05) is 35.1 Å². The van der Waals surface area contributed by atoms with Crippen molar-refractivity contribution in [1.29, 1.82) is 0 Å². The van der Waals surface area contributed by atoms with Gasteiger partial charge in [-0.25, -0.2) is 4.68 Å². The largest absolute Gasteiger partial charge is 0.493 e. The van der Waals surface area contributed by atoms with Crippen molar-refractivity contribution in [2.45, 2.75) is 30.8 Å². The van der Waals surface area contributed by atoms with Crippen molar-refractivity contribution >= 4 is 23.1 Å². The molecule has 4 aromatic rings. The highest BCUT2D eigenvalue weighted by atomic mass is 32.2. The first-order valence-electron chi connectivity index (χ1n) is 8.79. The van der Waals surface area contributed by atoms with Crippen LogP contribution in [0, 0.1) is 0 Å². The Balaban J connectivity index is 1.40. The number of rotatable bonds is 9. The summed E-state index contributed by atoms with van der Waals surface area (Å²) in [5.74, 6) is 2.25. The standard InChI is InChI=1S/C18H18N6O2S2/c1-2-25-15-8-4-3-7-14(15)17-19-16(26-21-17)12-28-18-20-22-23-24(18)10-9-13-6-5-11-27-13/h3-8,11H,2,9-10,12H2,1H3. The van der Waals surface area contributed by atoms with Crippen molar-refractivity contribution in [2.24, 2.45) is 0 Å². The van der Waals surface area contributed by atoms with Gasteiger partial charge in [0, 0.05) is 11.3 Å². The monoisotopic (exact) mass is 414 g/mol. The topological polar surface area (TPSA) is 91.8 Å². The number of thiophene rings is 1. The summed E-state index contributed by atoms with van der Waals surface area (Å²) in [5, 5.41) is 18.8. The summed E-state index contributed by atoms with van der Waals surface area (Å²) in [5.41, 5.74) is 0.810. The first kappa shape index (κ1) is 18.6. The Bertz CT molecular complexity index is 1010. The Morgan fingerprint density at radius 2 is 2.14 bits per heavy atom. The Labute approximate surface area is 169 Å². The van der Waals surface area contributed by atoms with Gasteiger partial charge in [0.1, 0.15) is 5.75 Å². The molecule has 10 heteroatoms. The molecule has 0 spiro atoms. The number of tetrazole rings is 1. The van der Waals surface area contributed by atoms with Crippen LogP contribution < -0.4 is 4.74 Å². The second-order valence-electron chi connectivity index (χ2n) is 5.74. The highest BCUT2D eigenvalue weighted by molar-refractivity contribution is 7.98. The van der Waals surface area contributed by atoms with E-state index in [0.717, 1.165) is 29.4 Å². The van der Waals surface area contributed by atoms with Gasteiger partial charge in [-0.2, -0.15) is 4.98 Å². The zero-order valence-corrected chi connectivity index (χ0v) is 16.8. The molecule has 28 heavy (non-hydrogen) atoms. The molecule has 4 rings (SSSR count). The number of benzene rings is 1. The van der Waals surface area contributed by atoms with Crippen LogP contribution in [0.5, 0.6) is 5.75 Å². The molecule has 0 bridgehead atoms. The summed E-state index contributed by atoms with van der Waals surface area (Å²) in [7, 11) is 0. The number of hydrogen-bond acceptors (Lipinski definition) is 9. The van der Waals surface area contributed by atoms with Crippen LogP contribution in [0.15, 0.2) is 51.5 Å². The number of aromatic nitrogens is 6. The van der Waals surface area contributed by atoms with E-state index < -0.39 is 0 Å². The molecule has 3 heterocycles. The van der Waals surface area contributed by atoms with Crippen LogP contribution in [-0.4, -0.2) is 37.0 Å². The first-order valence-corrected chi connectivity index (χ1v) is 10.7. The van der Waals surface area contributed by atoms with Gasteiger partial charge in [0.2, 0.25) is 16.9 Å². The zero-order valence-electron chi connectivity index (χ0n) is 15.2. The van der Waals surface area contributed by atoms with Gasteiger partial charge in [0.25, 0.3) is 0 Å². The predicted octanol–water partition coefficient (Wildman–Crippen LogP) is 3.72. The maximum absolute atomic E-state index is 5.64. The second-order valence-corrected chi connectivity index (χ2v) is 7.72. The fraction of sp³-hybridized carbons (Fsp3) is 0.278. The third kappa shape index (κ3) is 4.39. The lowest BCUT2D eigenvalue weighted by molar-refractivity contribution is 0.341. The van der Waals surface area contributed by atoms with E-state index in [9.17, 15) is 0 Å². The number of nitrogens with zero attached hydrogens (tertiary/aromatic N) is 6. The Kier molecular flexibility index (Phi) is 5.98. The summed E-state index contributed by atoms with van der Waals surface area (Å²) in [6, 6.07) is 11.8. The molecule has 0 aliphatic carbocycles. The highest BCUT2D eigenvalue weighted by Gasteiger charge is 2.15. The maximum Gasteiger partial charge on any atom is 0.237 e. The van der Waals surface area contributed by atoms with E-state index in [-0.39, 0.29) is 0 Å². The van der Waals surface area contributed by atoms with Gasteiger partial charge in [-0.3, -0.25) is 0 Å². The minimum atomic E-state index is 0.489. The van der Waals surface area contributed by atoms with Gasteiger partial charge in [-0.15, -0.1) is 16.4 Å². The number of aryl methyl sites for hydroxylation is 2.